The number of hydrogen-bond acceptors (Lipinski definition) is 5. The third kappa shape index (κ3) is 3.89. The van der Waals surface area contributed by atoms with Crippen molar-refractivity contribution in [2.45, 2.75) is 11.8 Å². The van der Waals surface area contributed by atoms with E-state index in [0.29, 0.717) is 11.8 Å². The van der Waals surface area contributed by atoms with Crippen molar-refractivity contribution in [3.63, 3.8) is 0 Å². The van der Waals surface area contributed by atoms with Gasteiger partial charge >= 0.3 is 0 Å². The minimum atomic E-state index is 0.0186. The fourth-order valence-corrected chi connectivity index (χ4v) is 3.06. The highest BCUT2D eigenvalue weighted by molar-refractivity contribution is 7.99. The minimum absolute atomic E-state index is 0.0186. The summed E-state index contributed by atoms with van der Waals surface area (Å²) < 4.78 is 10.8. The Kier molecular flexibility index (Phi) is 5.05. The van der Waals surface area contributed by atoms with Crippen LogP contribution in [0.1, 0.15) is 5.56 Å². The van der Waals surface area contributed by atoms with Crippen LogP contribution in [0.25, 0.3) is 11.1 Å². The first kappa shape index (κ1) is 16.4. The standard InChI is InChI=1S/C18H18N2O3S/c1-20(11-13-6-5-7-14(10-13)22-2)17(21)12-24-18-19-15-8-3-4-9-16(15)23-18/h3-10H,11-12H2,1-2H3. The van der Waals surface area contributed by atoms with Crippen molar-refractivity contribution in [2.75, 3.05) is 19.9 Å². The molecule has 5 nitrogen and oxygen atoms in total. The Morgan fingerprint density at radius 2 is 2.08 bits per heavy atom. The van der Waals surface area contributed by atoms with Crippen LogP contribution in [0, 0.1) is 0 Å². The third-order valence-corrected chi connectivity index (χ3v) is 4.39. The van der Waals surface area contributed by atoms with E-state index in [1.807, 2.05) is 48.5 Å². The lowest BCUT2D eigenvalue weighted by Crippen LogP contribution is -2.27. The summed E-state index contributed by atoms with van der Waals surface area (Å²) >= 11 is 1.31. The smallest absolute Gasteiger partial charge is 0.257 e. The number of rotatable bonds is 6. The molecule has 0 bridgehead atoms. The number of carbonyl (C=O) groups is 1. The van der Waals surface area contributed by atoms with Crippen molar-refractivity contribution in [3.8, 4) is 5.75 Å². The van der Waals surface area contributed by atoms with Crippen LogP contribution in [-0.2, 0) is 11.3 Å². The summed E-state index contributed by atoms with van der Waals surface area (Å²) in [6, 6.07) is 15.3. The summed E-state index contributed by atoms with van der Waals surface area (Å²) in [5.41, 5.74) is 2.56. The molecule has 0 unspecified atom stereocenters. The maximum absolute atomic E-state index is 12.3. The number of benzene rings is 2. The lowest BCUT2D eigenvalue weighted by atomic mass is 10.2. The van der Waals surface area contributed by atoms with Crippen LogP contribution in [-0.4, -0.2) is 35.7 Å². The number of amides is 1. The maximum Gasteiger partial charge on any atom is 0.257 e. The van der Waals surface area contributed by atoms with E-state index >= 15 is 0 Å². The molecular formula is C18H18N2O3S. The van der Waals surface area contributed by atoms with Gasteiger partial charge < -0.3 is 14.1 Å². The van der Waals surface area contributed by atoms with Gasteiger partial charge in [-0.25, -0.2) is 4.98 Å². The molecule has 3 aromatic rings. The van der Waals surface area contributed by atoms with Crippen LogP contribution in [0.4, 0.5) is 0 Å². The number of carbonyl (C=O) groups excluding carboxylic acids is 1. The highest BCUT2D eigenvalue weighted by atomic mass is 32.2. The number of methoxy groups -OCH3 is 1. The first-order valence-electron chi connectivity index (χ1n) is 7.51. The molecule has 1 amide bonds. The Morgan fingerprint density at radius 1 is 1.25 bits per heavy atom. The predicted molar refractivity (Wildman–Crippen MR) is 94.2 cm³/mol. The second-order valence-electron chi connectivity index (χ2n) is 5.34. The first-order valence-corrected chi connectivity index (χ1v) is 8.49. The summed E-state index contributed by atoms with van der Waals surface area (Å²) in [7, 11) is 3.42. The Hall–Kier alpha value is -2.47. The van der Waals surface area contributed by atoms with Crippen molar-refractivity contribution in [3.05, 3.63) is 54.1 Å². The summed E-state index contributed by atoms with van der Waals surface area (Å²) in [4.78, 5) is 18.3. The molecule has 124 valence electrons. The average Bonchev–Trinajstić information content (AvgIpc) is 3.02. The van der Waals surface area contributed by atoms with Crippen LogP contribution in [0.2, 0.25) is 0 Å². The van der Waals surface area contributed by atoms with Crippen LogP contribution < -0.4 is 4.74 Å². The van der Waals surface area contributed by atoms with Crippen molar-refractivity contribution in [1.29, 1.82) is 0 Å². The third-order valence-electron chi connectivity index (χ3n) is 3.57. The molecule has 0 radical (unpaired) electrons. The largest absolute Gasteiger partial charge is 0.497 e. The molecule has 1 heterocycles. The molecule has 3 rings (SSSR count). The number of thioether (sulfide) groups is 1. The molecule has 2 aromatic carbocycles. The number of oxazole rings is 1. The van der Waals surface area contributed by atoms with E-state index in [1.54, 1.807) is 19.1 Å². The number of ether oxygens (including phenoxy) is 1. The molecule has 0 N–H and O–H groups in total. The average molecular weight is 342 g/mol. The number of para-hydroxylation sites is 2. The van der Waals surface area contributed by atoms with Gasteiger partial charge in [0, 0.05) is 13.6 Å². The number of fused-ring (bicyclic) bond motifs is 1. The summed E-state index contributed by atoms with van der Waals surface area (Å²) in [5.74, 6) is 1.09. The molecule has 6 heteroatoms. The van der Waals surface area contributed by atoms with Crippen LogP contribution in [0.5, 0.6) is 5.75 Å². The van der Waals surface area contributed by atoms with E-state index in [9.17, 15) is 4.79 Å². The van der Waals surface area contributed by atoms with Gasteiger partial charge in [0.15, 0.2) is 5.58 Å². The van der Waals surface area contributed by atoms with Crippen LogP contribution in [0.3, 0.4) is 0 Å². The van der Waals surface area contributed by atoms with Gasteiger partial charge in [-0.15, -0.1) is 0 Å². The molecule has 0 spiro atoms. The Labute approximate surface area is 144 Å². The lowest BCUT2D eigenvalue weighted by molar-refractivity contribution is -0.127. The zero-order chi connectivity index (χ0) is 16.9. The molecule has 0 aliphatic carbocycles. The van der Waals surface area contributed by atoms with Gasteiger partial charge in [-0.1, -0.05) is 36.0 Å². The lowest BCUT2D eigenvalue weighted by Gasteiger charge is -2.17. The van der Waals surface area contributed by atoms with Gasteiger partial charge in [0.05, 0.1) is 12.9 Å². The summed E-state index contributed by atoms with van der Waals surface area (Å²) in [5, 5.41) is 0.513. The Bertz CT molecular complexity index is 814. The van der Waals surface area contributed by atoms with Crippen molar-refractivity contribution in [1.82, 2.24) is 9.88 Å². The van der Waals surface area contributed by atoms with Gasteiger partial charge in [0.1, 0.15) is 11.3 Å². The quantitative estimate of drug-likeness (QED) is 0.641. The van der Waals surface area contributed by atoms with E-state index in [1.165, 1.54) is 11.8 Å². The number of nitrogens with zero attached hydrogens (tertiary/aromatic N) is 2. The first-order chi connectivity index (χ1) is 11.7. The van der Waals surface area contributed by atoms with Crippen LogP contribution in [0.15, 0.2) is 58.2 Å². The van der Waals surface area contributed by atoms with Crippen molar-refractivity contribution >= 4 is 28.8 Å². The molecule has 0 atom stereocenters. The highest BCUT2D eigenvalue weighted by Gasteiger charge is 2.13. The Balaban J connectivity index is 1.57. The second kappa shape index (κ2) is 7.40. The van der Waals surface area contributed by atoms with Gasteiger partial charge in [0.2, 0.25) is 5.91 Å². The zero-order valence-electron chi connectivity index (χ0n) is 13.6. The molecule has 24 heavy (non-hydrogen) atoms. The van der Waals surface area contributed by atoms with E-state index in [4.69, 9.17) is 9.15 Å². The molecule has 0 saturated heterocycles. The second-order valence-corrected chi connectivity index (χ2v) is 6.26. The predicted octanol–water partition coefficient (Wildman–Crippen LogP) is 3.59. The van der Waals surface area contributed by atoms with E-state index < -0.39 is 0 Å². The molecule has 1 aromatic heterocycles. The topological polar surface area (TPSA) is 55.6 Å². The van der Waals surface area contributed by atoms with Gasteiger partial charge in [0.25, 0.3) is 5.22 Å². The summed E-state index contributed by atoms with van der Waals surface area (Å²) in [6.45, 7) is 0.532. The minimum Gasteiger partial charge on any atom is -0.497 e. The fourth-order valence-electron chi connectivity index (χ4n) is 2.28. The van der Waals surface area contributed by atoms with Crippen molar-refractivity contribution < 1.29 is 13.9 Å². The Morgan fingerprint density at radius 3 is 2.88 bits per heavy atom. The number of hydrogen-bond donors (Lipinski definition) is 0. The monoisotopic (exact) mass is 342 g/mol. The summed E-state index contributed by atoms with van der Waals surface area (Å²) in [6.07, 6.45) is 0. The van der Waals surface area contributed by atoms with E-state index in [2.05, 4.69) is 4.98 Å². The van der Waals surface area contributed by atoms with E-state index in [-0.39, 0.29) is 11.7 Å². The SMILES string of the molecule is COc1cccc(CN(C)C(=O)CSc2nc3ccccc3o2)c1. The van der Waals surface area contributed by atoms with Crippen molar-refractivity contribution in [2.24, 2.45) is 0 Å². The van der Waals surface area contributed by atoms with Gasteiger partial charge in [-0.3, -0.25) is 4.79 Å². The normalized spacial score (nSPS) is 10.8. The van der Waals surface area contributed by atoms with E-state index in [0.717, 1.165) is 22.4 Å². The molecule has 0 saturated carbocycles. The maximum atomic E-state index is 12.3. The zero-order valence-corrected chi connectivity index (χ0v) is 14.4. The van der Waals surface area contributed by atoms with Gasteiger partial charge in [-0.2, -0.15) is 0 Å². The molecule has 0 aliphatic heterocycles. The number of aromatic nitrogens is 1. The fraction of sp³-hybridized carbons (Fsp3) is 0.222. The van der Waals surface area contributed by atoms with Crippen LogP contribution >= 0.6 is 11.8 Å². The van der Waals surface area contributed by atoms with Gasteiger partial charge in [-0.05, 0) is 29.8 Å². The molecule has 0 aliphatic rings. The highest BCUT2D eigenvalue weighted by Crippen LogP contribution is 2.23. The molecule has 0 fully saturated rings. The molecular weight excluding hydrogens is 324 g/mol.